The Bertz CT molecular complexity index is 3050. The fourth-order valence-corrected chi connectivity index (χ4v) is 12.2. The number of hydrogen-bond donors (Lipinski definition) is 2. The van der Waals surface area contributed by atoms with E-state index in [1.807, 2.05) is 0 Å². The molecule has 21 heteroatoms. The van der Waals surface area contributed by atoms with Crippen LogP contribution in [0.5, 0.6) is 0 Å². The second kappa shape index (κ2) is 15.5. The number of hydrogen-bond acceptors (Lipinski definition) is 8. The number of benzene rings is 2. The quantitative estimate of drug-likeness (QED) is 0.0842. The van der Waals surface area contributed by atoms with Crippen molar-refractivity contribution >= 4 is 54.1 Å². The van der Waals surface area contributed by atoms with Crippen LogP contribution >= 0.6 is 11.6 Å². The summed E-state index contributed by atoms with van der Waals surface area (Å²) in [6.45, 7) is 1.98. The topological polar surface area (TPSA) is 158 Å². The number of anilines is 1. The molecule has 3 aromatic heterocycles. The van der Waals surface area contributed by atoms with Crippen LogP contribution in [-0.4, -0.2) is 63.0 Å². The summed E-state index contributed by atoms with van der Waals surface area (Å²) in [5.41, 5.74) is -1.01. The molecule has 3 heterocycles. The minimum atomic E-state index is -3.86. The van der Waals surface area contributed by atoms with Crippen molar-refractivity contribution in [3.8, 4) is 23.0 Å². The van der Waals surface area contributed by atoms with E-state index in [2.05, 4.69) is 32.1 Å². The molecule has 1 amide bonds. The predicted molar refractivity (Wildman–Crippen MR) is 225 cm³/mol. The van der Waals surface area contributed by atoms with E-state index in [0.717, 1.165) is 25.0 Å². The number of carbonyl (C=O) groups excluding carboxylic acids is 1. The van der Waals surface area contributed by atoms with Crippen molar-refractivity contribution in [1.82, 2.24) is 29.9 Å². The van der Waals surface area contributed by atoms with E-state index in [1.54, 1.807) is 19.2 Å². The third kappa shape index (κ3) is 8.12. The summed E-state index contributed by atoms with van der Waals surface area (Å²) in [5, 5.41) is 10.7. The Morgan fingerprint density at radius 1 is 0.984 bits per heavy atom. The van der Waals surface area contributed by atoms with Crippen LogP contribution in [0, 0.1) is 35.3 Å². The number of alkyl halides is 4. The van der Waals surface area contributed by atoms with Crippen LogP contribution in [0.25, 0.3) is 22.0 Å². The van der Waals surface area contributed by atoms with Crippen molar-refractivity contribution in [3.05, 3.63) is 93.0 Å². The fourth-order valence-electron chi connectivity index (χ4n) is 8.70. The third-order valence-corrected chi connectivity index (χ3v) is 16.8. The van der Waals surface area contributed by atoms with Gasteiger partial charge in [0.15, 0.2) is 15.7 Å². The van der Waals surface area contributed by atoms with Crippen molar-refractivity contribution in [2.24, 2.45) is 18.9 Å². The van der Waals surface area contributed by atoms with Crippen LogP contribution in [0.2, 0.25) is 5.02 Å². The molecule has 4 aliphatic rings. The number of sulfone groups is 1. The maximum atomic E-state index is 15.5. The number of sulfonamides is 1. The van der Waals surface area contributed by atoms with Gasteiger partial charge in [0.1, 0.15) is 40.0 Å². The van der Waals surface area contributed by atoms with Crippen molar-refractivity contribution < 1.29 is 48.0 Å². The third-order valence-electron chi connectivity index (χ3n) is 12.2. The second-order valence-electron chi connectivity index (χ2n) is 17.5. The molecule has 0 aliphatic heterocycles. The Morgan fingerprint density at radius 2 is 1.67 bits per heavy atom. The van der Waals surface area contributed by atoms with Crippen molar-refractivity contribution in [2.45, 2.75) is 93.2 Å². The molecule has 12 nitrogen and oxygen atoms in total. The standard InChI is InChI=1S/C43H40ClF6N7O5S2/c1-42(2,64(61,62)26-7-8-26)13-12-25-6-9-27(28-10-11-31(44)35-38(28)56(3)54-41(35)55-63(59,60)20-21-4-5-21)36(51-25)32(16-22-14-23(45)17-24(46)15-22)52-33(58)19-57-39-34(37(53-57)40(47)48)29-18-30(29)43(39,49)50/h6,9-11,14-15,17,21,26,29-30,32,40H,4-5,7-8,16,18-20H2,1-3H3,(H,52,58)(H,54,55)/t29-,30?,32-/m0/s1. The van der Waals surface area contributed by atoms with Crippen molar-refractivity contribution in [2.75, 3.05) is 10.5 Å². The van der Waals surface area contributed by atoms with E-state index < -0.39 is 95.6 Å². The van der Waals surface area contributed by atoms with Crippen LogP contribution in [0.15, 0.2) is 42.5 Å². The molecule has 0 saturated heterocycles. The Hall–Kier alpha value is -5.13. The molecule has 0 spiro atoms. The van der Waals surface area contributed by atoms with E-state index in [4.69, 9.17) is 16.6 Å². The first kappa shape index (κ1) is 44.1. The Kier molecular flexibility index (Phi) is 10.7. The van der Waals surface area contributed by atoms with Gasteiger partial charge in [-0.2, -0.15) is 19.0 Å². The number of aromatic nitrogens is 5. The van der Waals surface area contributed by atoms with Gasteiger partial charge in [-0.25, -0.2) is 39.4 Å². The molecule has 2 aromatic carbocycles. The predicted octanol–water partition coefficient (Wildman–Crippen LogP) is 7.87. The Labute approximate surface area is 369 Å². The number of pyridine rings is 1. The number of nitrogens with one attached hydrogen (secondary N) is 2. The molecule has 3 atom stereocenters. The smallest absolute Gasteiger partial charge is 0.293 e. The minimum absolute atomic E-state index is 0.00369. The second-order valence-corrected chi connectivity index (χ2v) is 22.5. The van der Waals surface area contributed by atoms with E-state index >= 15 is 8.78 Å². The lowest BCUT2D eigenvalue weighted by molar-refractivity contribution is -0.123. The molecule has 0 radical (unpaired) electrons. The number of amides is 1. The molecule has 5 aromatic rings. The van der Waals surface area contributed by atoms with Crippen LogP contribution in [0.3, 0.4) is 0 Å². The highest BCUT2D eigenvalue weighted by Crippen LogP contribution is 2.68. The summed E-state index contributed by atoms with van der Waals surface area (Å²) < 4.78 is 145. The summed E-state index contributed by atoms with van der Waals surface area (Å²) >= 11 is 6.73. The highest BCUT2D eigenvalue weighted by molar-refractivity contribution is 7.94. The van der Waals surface area contributed by atoms with Crippen LogP contribution in [0.1, 0.15) is 98.2 Å². The largest absolute Gasteiger partial charge is 0.346 e. The van der Waals surface area contributed by atoms with E-state index in [0.29, 0.717) is 34.7 Å². The molecule has 64 heavy (non-hydrogen) atoms. The van der Waals surface area contributed by atoms with Gasteiger partial charge >= 0.3 is 0 Å². The highest BCUT2D eigenvalue weighted by atomic mass is 35.5. The average Bonchev–Trinajstić information content (AvgIpc) is 4.11. The molecular formula is C43H40ClF6N7O5S2. The summed E-state index contributed by atoms with van der Waals surface area (Å²) in [7, 11) is -6.00. The summed E-state index contributed by atoms with van der Waals surface area (Å²) in [6.07, 6.45) is -1.02. The maximum Gasteiger partial charge on any atom is 0.293 e. The van der Waals surface area contributed by atoms with Gasteiger partial charge < -0.3 is 5.32 Å². The average molecular weight is 948 g/mol. The normalized spacial score (nSPS) is 19.5. The monoisotopic (exact) mass is 947 g/mol. The van der Waals surface area contributed by atoms with E-state index in [-0.39, 0.29) is 68.8 Å². The van der Waals surface area contributed by atoms with E-state index in [1.165, 1.54) is 30.7 Å². The molecule has 1 unspecified atom stereocenters. The molecule has 2 N–H and O–H groups in total. The maximum absolute atomic E-state index is 15.5. The summed E-state index contributed by atoms with van der Waals surface area (Å²) in [4.78, 5) is 18.9. The molecule has 9 rings (SSSR count). The zero-order valence-electron chi connectivity index (χ0n) is 34.4. The number of rotatable bonds is 14. The Balaban J connectivity index is 1.18. The van der Waals surface area contributed by atoms with Gasteiger partial charge in [0, 0.05) is 35.7 Å². The number of nitrogens with zero attached hydrogens (tertiary/aromatic N) is 5. The molecular weight excluding hydrogens is 908 g/mol. The lowest BCUT2D eigenvalue weighted by Crippen LogP contribution is -2.35. The minimum Gasteiger partial charge on any atom is -0.346 e. The van der Waals surface area contributed by atoms with Gasteiger partial charge in [0.05, 0.1) is 38.7 Å². The fraction of sp³-hybridized carbons (Fsp3) is 0.442. The zero-order valence-corrected chi connectivity index (χ0v) is 36.8. The van der Waals surface area contributed by atoms with Gasteiger partial charge in [0.2, 0.25) is 15.9 Å². The lowest BCUT2D eigenvalue weighted by Gasteiger charge is -2.23. The molecule has 3 saturated carbocycles. The van der Waals surface area contributed by atoms with Crippen LogP contribution in [-0.2, 0) is 50.6 Å². The Morgan fingerprint density at radius 3 is 2.33 bits per heavy atom. The van der Waals surface area contributed by atoms with Crippen LogP contribution < -0.4 is 10.0 Å². The van der Waals surface area contributed by atoms with Gasteiger partial charge in [-0.15, -0.1) is 0 Å². The van der Waals surface area contributed by atoms with Crippen molar-refractivity contribution in [3.63, 3.8) is 0 Å². The number of aryl methyl sites for hydroxylation is 1. The van der Waals surface area contributed by atoms with E-state index in [9.17, 15) is 39.2 Å². The van der Waals surface area contributed by atoms with Crippen molar-refractivity contribution in [1.29, 1.82) is 0 Å². The highest BCUT2D eigenvalue weighted by Gasteiger charge is 2.67. The number of fused-ring (bicyclic) bond motifs is 4. The lowest BCUT2D eigenvalue weighted by atomic mass is 9.93. The molecule has 3 fully saturated rings. The van der Waals surface area contributed by atoms with Gasteiger partial charge in [-0.05, 0) is 106 Å². The molecule has 338 valence electrons. The molecule has 4 aliphatic carbocycles. The molecule has 0 bridgehead atoms. The SMILES string of the molecule is Cn1nc(NS(=O)(=O)CC2CC2)c2c(Cl)ccc(-c3ccc(C#CC(C)(C)S(=O)(=O)C4CC4)nc3[C@H](Cc3cc(F)cc(F)c3)NC(=O)Cn3nc(C(F)F)c4c3C(F)(F)C3C[C@H]43)c21. The number of halogens is 7. The summed E-state index contributed by atoms with van der Waals surface area (Å²) in [6, 6.07) is 7.39. The van der Waals surface area contributed by atoms with Crippen LogP contribution in [0.4, 0.5) is 32.2 Å². The first-order valence-electron chi connectivity index (χ1n) is 20.5. The van der Waals surface area contributed by atoms with Gasteiger partial charge in [-0.1, -0.05) is 23.6 Å². The zero-order chi connectivity index (χ0) is 45.8. The first-order chi connectivity index (χ1) is 30.0. The van der Waals surface area contributed by atoms with Gasteiger partial charge in [-0.3, -0.25) is 18.9 Å². The van der Waals surface area contributed by atoms with Gasteiger partial charge in [0.25, 0.3) is 12.3 Å². The first-order valence-corrected chi connectivity index (χ1v) is 24.1. The number of carbonyl (C=O) groups is 1. The summed E-state index contributed by atoms with van der Waals surface area (Å²) in [5.74, 6) is -2.99.